The van der Waals surface area contributed by atoms with Crippen molar-refractivity contribution in [3.63, 3.8) is 0 Å². The zero-order chi connectivity index (χ0) is 15.9. The van der Waals surface area contributed by atoms with Crippen molar-refractivity contribution in [2.24, 2.45) is 7.05 Å². The first kappa shape index (κ1) is 16.5. The Labute approximate surface area is 131 Å². The normalized spacial score (nSPS) is 11.3. The van der Waals surface area contributed by atoms with Crippen molar-refractivity contribution in [2.45, 2.75) is 26.7 Å². The molecule has 5 nitrogen and oxygen atoms in total. The van der Waals surface area contributed by atoms with Gasteiger partial charge in [0.25, 0.3) is 5.56 Å². The van der Waals surface area contributed by atoms with Crippen LogP contribution in [0.5, 0.6) is 5.75 Å². The van der Waals surface area contributed by atoms with Gasteiger partial charge in [-0.05, 0) is 44.1 Å². The Balaban J connectivity index is 1.95. The van der Waals surface area contributed by atoms with Crippen LogP contribution in [0.3, 0.4) is 0 Å². The van der Waals surface area contributed by atoms with E-state index in [4.69, 9.17) is 4.74 Å². The van der Waals surface area contributed by atoms with Gasteiger partial charge in [0.1, 0.15) is 5.75 Å². The van der Waals surface area contributed by atoms with E-state index in [0.29, 0.717) is 12.0 Å². The molecular formula is C17H25N3O2. The summed E-state index contributed by atoms with van der Waals surface area (Å²) in [6.07, 6.45) is 3.86. The fraction of sp³-hybridized carbons (Fsp3) is 0.529. The molecule has 1 aromatic heterocycles. The van der Waals surface area contributed by atoms with Crippen LogP contribution in [-0.4, -0.2) is 40.9 Å². The number of aromatic nitrogens is 2. The molecule has 2 rings (SSSR count). The first-order valence-electron chi connectivity index (χ1n) is 7.97. The fourth-order valence-electron chi connectivity index (χ4n) is 2.52. The molecule has 0 radical (unpaired) electrons. The van der Waals surface area contributed by atoms with Crippen LogP contribution in [-0.2, 0) is 7.05 Å². The lowest BCUT2D eigenvalue weighted by atomic mass is 10.2. The Kier molecular flexibility index (Phi) is 5.95. The molecule has 0 atom stereocenters. The average Bonchev–Trinajstić information content (AvgIpc) is 2.54. The van der Waals surface area contributed by atoms with E-state index in [-0.39, 0.29) is 5.56 Å². The predicted octanol–water partition coefficient (Wildman–Crippen LogP) is 2.43. The van der Waals surface area contributed by atoms with Crippen LogP contribution < -0.4 is 10.3 Å². The second kappa shape index (κ2) is 7.94. The number of nitrogens with zero attached hydrogens (tertiary/aromatic N) is 3. The molecule has 0 saturated carbocycles. The molecular weight excluding hydrogens is 278 g/mol. The Morgan fingerprint density at radius 3 is 2.82 bits per heavy atom. The van der Waals surface area contributed by atoms with Crippen molar-refractivity contribution in [1.29, 1.82) is 0 Å². The molecule has 1 aromatic carbocycles. The van der Waals surface area contributed by atoms with Crippen LogP contribution in [0.1, 0.15) is 26.7 Å². The maximum atomic E-state index is 12.0. The second-order valence-electron chi connectivity index (χ2n) is 5.46. The molecule has 0 aliphatic carbocycles. The van der Waals surface area contributed by atoms with Gasteiger partial charge in [0.05, 0.1) is 18.2 Å². The van der Waals surface area contributed by atoms with E-state index in [1.807, 2.05) is 18.2 Å². The Bertz CT molecular complexity index is 666. The first-order chi connectivity index (χ1) is 10.7. The largest absolute Gasteiger partial charge is 0.494 e. The van der Waals surface area contributed by atoms with E-state index >= 15 is 0 Å². The van der Waals surface area contributed by atoms with Crippen molar-refractivity contribution in [3.05, 3.63) is 34.7 Å². The summed E-state index contributed by atoms with van der Waals surface area (Å²) >= 11 is 0. The Morgan fingerprint density at radius 2 is 2.09 bits per heavy atom. The van der Waals surface area contributed by atoms with Gasteiger partial charge < -0.3 is 9.64 Å². The summed E-state index contributed by atoms with van der Waals surface area (Å²) in [5.41, 5.74) is -0.0944. The minimum Gasteiger partial charge on any atom is -0.494 e. The highest BCUT2D eigenvalue weighted by atomic mass is 16.5. The van der Waals surface area contributed by atoms with E-state index in [2.05, 4.69) is 23.8 Å². The predicted molar refractivity (Wildman–Crippen MR) is 89.5 cm³/mol. The summed E-state index contributed by atoms with van der Waals surface area (Å²) in [6.45, 7) is 8.30. The molecule has 0 aliphatic rings. The van der Waals surface area contributed by atoms with Gasteiger partial charge in [-0.15, -0.1) is 0 Å². The zero-order valence-corrected chi connectivity index (χ0v) is 13.7. The van der Waals surface area contributed by atoms with Gasteiger partial charge >= 0.3 is 0 Å². The van der Waals surface area contributed by atoms with E-state index in [1.54, 1.807) is 13.2 Å². The first-order valence-corrected chi connectivity index (χ1v) is 7.97. The van der Waals surface area contributed by atoms with Gasteiger partial charge in [-0.3, -0.25) is 4.79 Å². The number of benzene rings is 1. The van der Waals surface area contributed by atoms with Crippen molar-refractivity contribution >= 4 is 10.8 Å². The highest BCUT2D eigenvalue weighted by Crippen LogP contribution is 2.17. The van der Waals surface area contributed by atoms with Crippen LogP contribution in [0.15, 0.2) is 29.2 Å². The van der Waals surface area contributed by atoms with Gasteiger partial charge in [0, 0.05) is 19.0 Å². The van der Waals surface area contributed by atoms with E-state index in [9.17, 15) is 4.79 Å². The van der Waals surface area contributed by atoms with Crippen LogP contribution in [0.25, 0.3) is 10.8 Å². The smallest absolute Gasteiger partial charge is 0.274 e. The lowest BCUT2D eigenvalue weighted by Gasteiger charge is -2.19. The third kappa shape index (κ3) is 4.07. The zero-order valence-electron chi connectivity index (χ0n) is 13.7. The maximum absolute atomic E-state index is 12.0. The van der Waals surface area contributed by atoms with Gasteiger partial charge in [0.2, 0.25) is 0 Å². The molecule has 1 heterocycles. The van der Waals surface area contributed by atoms with Crippen molar-refractivity contribution < 1.29 is 4.74 Å². The summed E-state index contributed by atoms with van der Waals surface area (Å²) in [7, 11) is 1.66. The highest BCUT2D eigenvalue weighted by Gasteiger charge is 2.04. The number of ether oxygens (including phenoxy) is 1. The molecule has 0 N–H and O–H groups in total. The second-order valence-corrected chi connectivity index (χ2v) is 5.46. The summed E-state index contributed by atoms with van der Waals surface area (Å²) in [4.78, 5) is 14.5. The molecule has 0 fully saturated rings. The topological polar surface area (TPSA) is 47.4 Å². The van der Waals surface area contributed by atoms with Crippen LogP contribution >= 0.6 is 0 Å². The standard InChI is InChI=1S/C17H25N3O2/c1-4-9-20(5-2)10-6-11-22-15-8-7-14-13-18-19(3)17(21)16(14)12-15/h7-8,12-13H,4-6,9-11H2,1-3H3. The highest BCUT2D eigenvalue weighted by molar-refractivity contribution is 5.82. The minimum atomic E-state index is -0.0944. The third-order valence-electron chi connectivity index (χ3n) is 3.79. The van der Waals surface area contributed by atoms with Gasteiger partial charge in [-0.2, -0.15) is 5.10 Å². The number of hydrogen-bond acceptors (Lipinski definition) is 4. The van der Waals surface area contributed by atoms with Crippen LogP contribution in [0.4, 0.5) is 0 Å². The Morgan fingerprint density at radius 1 is 1.27 bits per heavy atom. The third-order valence-corrected chi connectivity index (χ3v) is 3.79. The molecule has 0 spiro atoms. The lowest BCUT2D eigenvalue weighted by Crippen LogP contribution is -2.26. The van der Waals surface area contributed by atoms with E-state index < -0.39 is 0 Å². The Hall–Kier alpha value is -1.88. The van der Waals surface area contributed by atoms with Crippen molar-refractivity contribution in [3.8, 4) is 5.75 Å². The van der Waals surface area contributed by atoms with Crippen molar-refractivity contribution in [2.75, 3.05) is 26.2 Å². The summed E-state index contributed by atoms with van der Waals surface area (Å²) in [5.74, 6) is 0.745. The molecule has 0 saturated heterocycles. The molecule has 0 bridgehead atoms. The number of hydrogen-bond donors (Lipinski definition) is 0. The molecule has 22 heavy (non-hydrogen) atoms. The van der Waals surface area contributed by atoms with Gasteiger partial charge in [-0.25, -0.2) is 4.68 Å². The molecule has 0 unspecified atom stereocenters. The molecule has 5 heteroatoms. The summed E-state index contributed by atoms with van der Waals surface area (Å²) in [6, 6.07) is 5.59. The number of fused-ring (bicyclic) bond motifs is 1. The lowest BCUT2D eigenvalue weighted by molar-refractivity contribution is 0.242. The molecule has 2 aromatic rings. The molecule has 0 aliphatic heterocycles. The van der Waals surface area contributed by atoms with Gasteiger partial charge in [-0.1, -0.05) is 13.8 Å². The summed E-state index contributed by atoms with van der Waals surface area (Å²) < 4.78 is 7.13. The number of aryl methyl sites for hydroxylation is 1. The molecule has 120 valence electrons. The van der Waals surface area contributed by atoms with E-state index in [0.717, 1.165) is 37.2 Å². The fourth-order valence-corrected chi connectivity index (χ4v) is 2.52. The quantitative estimate of drug-likeness (QED) is 0.703. The molecule has 0 amide bonds. The van der Waals surface area contributed by atoms with Gasteiger partial charge in [0.15, 0.2) is 0 Å². The average molecular weight is 303 g/mol. The SMILES string of the molecule is CCCN(CC)CCCOc1ccc2cnn(C)c(=O)c2c1. The number of rotatable bonds is 8. The van der Waals surface area contributed by atoms with Crippen molar-refractivity contribution in [1.82, 2.24) is 14.7 Å². The minimum absolute atomic E-state index is 0.0944. The monoisotopic (exact) mass is 303 g/mol. The van der Waals surface area contributed by atoms with Crippen LogP contribution in [0, 0.1) is 0 Å². The van der Waals surface area contributed by atoms with Crippen LogP contribution in [0.2, 0.25) is 0 Å². The van der Waals surface area contributed by atoms with E-state index in [1.165, 1.54) is 11.1 Å². The maximum Gasteiger partial charge on any atom is 0.274 e. The summed E-state index contributed by atoms with van der Waals surface area (Å²) in [5, 5.41) is 5.51.